The summed E-state index contributed by atoms with van der Waals surface area (Å²) < 4.78 is 4.12. The fourth-order valence-electron chi connectivity index (χ4n) is 3.94. The molecule has 4 aromatic rings. The van der Waals surface area contributed by atoms with Crippen LogP contribution < -0.4 is 5.32 Å². The molecule has 5 heterocycles. The van der Waals surface area contributed by atoms with E-state index in [1.807, 2.05) is 43.2 Å². The molecular formula is C21H22N6. The summed E-state index contributed by atoms with van der Waals surface area (Å²) in [5.41, 5.74) is 6.24. The molecule has 0 aromatic carbocycles. The summed E-state index contributed by atoms with van der Waals surface area (Å²) in [6, 6.07) is 8.77. The van der Waals surface area contributed by atoms with Gasteiger partial charge < -0.3 is 9.88 Å². The molecule has 2 bridgehead atoms. The van der Waals surface area contributed by atoms with E-state index in [4.69, 9.17) is 4.98 Å². The highest BCUT2D eigenvalue weighted by Crippen LogP contribution is 2.41. The minimum atomic E-state index is 0.481. The molecule has 4 aromatic heterocycles. The summed E-state index contributed by atoms with van der Waals surface area (Å²) in [6.07, 6.45) is 6.13. The maximum Gasteiger partial charge on any atom is 0.132 e. The number of fused-ring (bicyclic) bond motifs is 3. The van der Waals surface area contributed by atoms with Crippen LogP contribution in [0.25, 0.3) is 22.2 Å². The monoisotopic (exact) mass is 358 g/mol. The molecule has 6 nitrogen and oxygen atoms in total. The average molecular weight is 358 g/mol. The highest BCUT2D eigenvalue weighted by molar-refractivity contribution is 5.82. The van der Waals surface area contributed by atoms with Crippen LogP contribution in [0, 0.1) is 6.92 Å². The van der Waals surface area contributed by atoms with E-state index in [-0.39, 0.29) is 0 Å². The van der Waals surface area contributed by atoms with Crippen molar-refractivity contribution in [1.82, 2.24) is 24.3 Å². The molecule has 0 saturated carbocycles. The molecule has 0 radical (unpaired) electrons. The summed E-state index contributed by atoms with van der Waals surface area (Å²) in [5.74, 6) is 2.50. The van der Waals surface area contributed by atoms with Gasteiger partial charge in [-0.25, -0.2) is 4.98 Å². The van der Waals surface area contributed by atoms with Crippen LogP contribution in [-0.2, 0) is 7.05 Å². The molecule has 0 saturated heterocycles. The number of nitrogens with zero attached hydrogens (tertiary/aromatic N) is 5. The Bertz CT molecular complexity index is 1170. The first-order valence-electron chi connectivity index (χ1n) is 9.26. The zero-order valence-electron chi connectivity index (χ0n) is 15.9. The standard InChI is InChI=1S/C21H22N6/c1-12-14(3)27-10-16(12)8-21(27)24-20-6-5-18-19(23-20)7-15(9-22-18)17-11-26(4)25-13(17)2/h5-12,14H,1-4H3,(H,23,24). The van der Waals surface area contributed by atoms with Gasteiger partial charge >= 0.3 is 0 Å². The number of hydrogen-bond acceptors (Lipinski definition) is 4. The van der Waals surface area contributed by atoms with Gasteiger partial charge in [0, 0.05) is 48.7 Å². The Balaban J connectivity index is 1.51. The van der Waals surface area contributed by atoms with Crippen molar-refractivity contribution >= 4 is 22.7 Å². The molecule has 5 rings (SSSR count). The minimum Gasteiger partial charge on any atom is -0.331 e. The van der Waals surface area contributed by atoms with Crippen LogP contribution in [-0.4, -0.2) is 24.3 Å². The second-order valence-electron chi connectivity index (χ2n) is 7.48. The average Bonchev–Trinajstić information content (AvgIpc) is 3.29. The second-order valence-corrected chi connectivity index (χ2v) is 7.48. The Hall–Kier alpha value is -3.15. The number of pyridine rings is 2. The Labute approximate surface area is 157 Å². The van der Waals surface area contributed by atoms with Crippen molar-refractivity contribution in [3.8, 4) is 11.1 Å². The van der Waals surface area contributed by atoms with Gasteiger partial charge in [-0.05, 0) is 43.7 Å². The van der Waals surface area contributed by atoms with Crippen LogP contribution in [0.15, 0.2) is 42.9 Å². The normalized spacial score (nSPS) is 18.4. The van der Waals surface area contributed by atoms with Crippen LogP contribution >= 0.6 is 0 Å². The molecule has 1 aliphatic heterocycles. The fraction of sp³-hybridized carbons (Fsp3) is 0.286. The molecule has 0 aliphatic carbocycles. The number of aromatic nitrogens is 5. The molecule has 1 N–H and O–H groups in total. The number of hydrogen-bond donors (Lipinski definition) is 1. The van der Waals surface area contributed by atoms with Crippen molar-refractivity contribution in [2.45, 2.75) is 32.7 Å². The van der Waals surface area contributed by atoms with E-state index in [0.717, 1.165) is 39.5 Å². The third-order valence-electron chi connectivity index (χ3n) is 5.68. The molecular weight excluding hydrogens is 336 g/mol. The summed E-state index contributed by atoms with van der Waals surface area (Å²) >= 11 is 0. The van der Waals surface area contributed by atoms with Gasteiger partial charge in [-0.1, -0.05) is 6.92 Å². The summed E-state index contributed by atoms with van der Waals surface area (Å²) in [4.78, 5) is 9.38. The van der Waals surface area contributed by atoms with Gasteiger partial charge in [-0.2, -0.15) is 5.10 Å². The van der Waals surface area contributed by atoms with E-state index in [2.05, 4.69) is 52.1 Å². The fourth-order valence-corrected chi connectivity index (χ4v) is 3.94. The predicted molar refractivity (Wildman–Crippen MR) is 107 cm³/mol. The van der Waals surface area contributed by atoms with Crippen molar-refractivity contribution in [3.05, 3.63) is 54.1 Å². The Morgan fingerprint density at radius 3 is 2.63 bits per heavy atom. The number of nitrogens with one attached hydrogen (secondary N) is 1. The molecule has 1 aliphatic rings. The van der Waals surface area contributed by atoms with Crippen LogP contribution in [0.4, 0.5) is 11.6 Å². The smallest absolute Gasteiger partial charge is 0.132 e. The first kappa shape index (κ1) is 16.1. The van der Waals surface area contributed by atoms with E-state index in [9.17, 15) is 0 Å². The quantitative estimate of drug-likeness (QED) is 0.583. The molecule has 2 unspecified atom stereocenters. The highest BCUT2D eigenvalue weighted by atomic mass is 15.2. The number of rotatable bonds is 3. The minimum absolute atomic E-state index is 0.481. The third kappa shape index (κ3) is 2.51. The molecule has 6 heteroatoms. The maximum absolute atomic E-state index is 4.80. The van der Waals surface area contributed by atoms with E-state index >= 15 is 0 Å². The van der Waals surface area contributed by atoms with Gasteiger partial charge in [0.1, 0.15) is 11.6 Å². The van der Waals surface area contributed by atoms with E-state index in [1.165, 1.54) is 5.56 Å². The summed E-state index contributed by atoms with van der Waals surface area (Å²) in [7, 11) is 1.93. The van der Waals surface area contributed by atoms with Crippen LogP contribution in [0.3, 0.4) is 0 Å². The Kier molecular flexibility index (Phi) is 3.37. The van der Waals surface area contributed by atoms with Crippen molar-refractivity contribution in [2.75, 3.05) is 5.32 Å². The zero-order chi connectivity index (χ0) is 18.7. The van der Waals surface area contributed by atoms with Crippen LogP contribution in [0.1, 0.15) is 37.1 Å². The van der Waals surface area contributed by atoms with Gasteiger partial charge in [-0.15, -0.1) is 0 Å². The number of aryl methyl sites for hydroxylation is 2. The lowest BCUT2D eigenvalue weighted by atomic mass is 9.98. The van der Waals surface area contributed by atoms with E-state index < -0.39 is 0 Å². The van der Waals surface area contributed by atoms with E-state index in [0.29, 0.717) is 12.0 Å². The largest absolute Gasteiger partial charge is 0.331 e. The zero-order valence-corrected chi connectivity index (χ0v) is 15.9. The Morgan fingerprint density at radius 1 is 1.07 bits per heavy atom. The van der Waals surface area contributed by atoms with Crippen molar-refractivity contribution < 1.29 is 0 Å². The topological polar surface area (TPSA) is 60.6 Å². The van der Waals surface area contributed by atoms with Crippen molar-refractivity contribution in [1.29, 1.82) is 0 Å². The summed E-state index contributed by atoms with van der Waals surface area (Å²) in [6.45, 7) is 6.53. The van der Waals surface area contributed by atoms with Gasteiger partial charge in [0.15, 0.2) is 0 Å². The molecule has 2 atom stereocenters. The third-order valence-corrected chi connectivity index (χ3v) is 5.68. The van der Waals surface area contributed by atoms with Crippen molar-refractivity contribution in [3.63, 3.8) is 0 Å². The SMILES string of the molecule is Cc1nn(C)cc1-c1cnc2ccc(Nc3cc4cn3C(C)C4C)nc2c1. The summed E-state index contributed by atoms with van der Waals surface area (Å²) in [5, 5.41) is 7.90. The van der Waals surface area contributed by atoms with Crippen LogP contribution in [0.2, 0.25) is 0 Å². The van der Waals surface area contributed by atoms with E-state index in [1.54, 1.807) is 0 Å². The molecule has 0 spiro atoms. The van der Waals surface area contributed by atoms with Crippen molar-refractivity contribution in [2.24, 2.45) is 7.05 Å². The first-order valence-corrected chi connectivity index (χ1v) is 9.26. The molecule has 136 valence electrons. The maximum atomic E-state index is 4.80. The Morgan fingerprint density at radius 2 is 1.93 bits per heavy atom. The van der Waals surface area contributed by atoms with Gasteiger partial charge in [0.05, 0.1) is 16.7 Å². The lowest BCUT2D eigenvalue weighted by molar-refractivity contribution is 0.505. The van der Waals surface area contributed by atoms with Gasteiger partial charge in [-0.3, -0.25) is 9.67 Å². The first-order chi connectivity index (χ1) is 13.0. The lowest BCUT2D eigenvalue weighted by Gasteiger charge is -2.21. The predicted octanol–water partition coefficient (Wildman–Crippen LogP) is 4.56. The number of anilines is 2. The molecule has 0 fully saturated rings. The highest BCUT2D eigenvalue weighted by Gasteiger charge is 2.27. The lowest BCUT2D eigenvalue weighted by Crippen LogP contribution is -2.11. The van der Waals surface area contributed by atoms with Crippen LogP contribution in [0.5, 0.6) is 0 Å². The molecule has 27 heavy (non-hydrogen) atoms. The van der Waals surface area contributed by atoms with Gasteiger partial charge in [0.2, 0.25) is 0 Å². The second kappa shape index (κ2) is 5.67. The molecule has 0 amide bonds. The van der Waals surface area contributed by atoms with Gasteiger partial charge in [0.25, 0.3) is 0 Å².